The minimum Gasteiger partial charge on any atom is -0.322 e. The normalized spacial score (nSPS) is 15.1. The lowest BCUT2D eigenvalue weighted by atomic mass is 10.1. The van der Waals surface area contributed by atoms with Gasteiger partial charge >= 0.3 is 6.03 Å². The van der Waals surface area contributed by atoms with Crippen LogP contribution in [0.4, 0.5) is 10.5 Å². The number of hydrogen-bond donors (Lipinski definition) is 1. The predicted octanol–water partition coefficient (Wildman–Crippen LogP) is 4.00. The molecule has 0 aromatic heterocycles. The van der Waals surface area contributed by atoms with Crippen LogP contribution in [0.1, 0.15) is 22.3 Å². The van der Waals surface area contributed by atoms with Crippen LogP contribution in [0.3, 0.4) is 0 Å². The summed E-state index contributed by atoms with van der Waals surface area (Å²) in [6.45, 7) is 10.7. The third-order valence-electron chi connectivity index (χ3n) is 5.30. The zero-order valence-corrected chi connectivity index (χ0v) is 16.1. The van der Waals surface area contributed by atoms with Crippen molar-refractivity contribution in [3.63, 3.8) is 0 Å². The number of rotatable bonds is 4. The summed E-state index contributed by atoms with van der Waals surface area (Å²) in [7, 11) is 0. The first kappa shape index (κ1) is 18.5. The van der Waals surface area contributed by atoms with Gasteiger partial charge in [-0.1, -0.05) is 36.4 Å². The highest BCUT2D eigenvalue weighted by molar-refractivity contribution is 5.90. The van der Waals surface area contributed by atoms with Gasteiger partial charge in [-0.15, -0.1) is 0 Å². The molecule has 1 N–H and O–H groups in total. The van der Waals surface area contributed by atoms with Crippen molar-refractivity contribution in [1.29, 1.82) is 0 Å². The van der Waals surface area contributed by atoms with Gasteiger partial charge in [0.05, 0.1) is 0 Å². The molecule has 26 heavy (non-hydrogen) atoms. The molecule has 138 valence electrons. The Labute approximate surface area is 156 Å². The zero-order chi connectivity index (χ0) is 18.5. The van der Waals surface area contributed by atoms with Gasteiger partial charge in [0.25, 0.3) is 0 Å². The molecule has 0 unspecified atom stereocenters. The van der Waals surface area contributed by atoms with E-state index < -0.39 is 0 Å². The standard InChI is InChI=1S/C22H29N3O/c1-17-15-19(3)21(16-18(17)2)23-22(26)25-13-11-24(12-14-25)10-9-20-7-5-4-6-8-20/h4-8,15-16H,9-14H2,1-3H3,(H,23,26). The molecule has 2 amide bonds. The predicted molar refractivity (Wildman–Crippen MR) is 108 cm³/mol. The number of piperazine rings is 1. The molecule has 1 saturated heterocycles. The summed E-state index contributed by atoms with van der Waals surface area (Å²) in [4.78, 5) is 17.0. The number of carbonyl (C=O) groups is 1. The highest BCUT2D eigenvalue weighted by atomic mass is 16.2. The van der Waals surface area contributed by atoms with E-state index in [-0.39, 0.29) is 6.03 Å². The number of anilines is 1. The van der Waals surface area contributed by atoms with E-state index in [0.717, 1.165) is 50.4 Å². The molecule has 4 heteroatoms. The topological polar surface area (TPSA) is 35.6 Å². The van der Waals surface area contributed by atoms with Crippen molar-refractivity contribution in [2.24, 2.45) is 0 Å². The van der Waals surface area contributed by atoms with Gasteiger partial charge in [0, 0.05) is 38.4 Å². The molecule has 1 fully saturated rings. The second kappa shape index (κ2) is 8.37. The lowest BCUT2D eigenvalue weighted by Crippen LogP contribution is -2.50. The van der Waals surface area contributed by atoms with Gasteiger partial charge < -0.3 is 10.2 Å². The number of nitrogens with zero attached hydrogens (tertiary/aromatic N) is 2. The Balaban J connectivity index is 1.48. The number of carbonyl (C=O) groups excluding carboxylic acids is 1. The van der Waals surface area contributed by atoms with Crippen molar-refractivity contribution in [1.82, 2.24) is 9.80 Å². The SMILES string of the molecule is Cc1cc(C)c(NC(=O)N2CCN(CCc3ccccc3)CC2)cc1C. The maximum absolute atomic E-state index is 12.6. The summed E-state index contributed by atoms with van der Waals surface area (Å²) < 4.78 is 0. The van der Waals surface area contributed by atoms with E-state index in [4.69, 9.17) is 0 Å². The number of benzene rings is 2. The second-order valence-corrected chi connectivity index (χ2v) is 7.25. The van der Waals surface area contributed by atoms with Crippen LogP contribution >= 0.6 is 0 Å². The molecule has 1 aliphatic heterocycles. The van der Waals surface area contributed by atoms with Gasteiger partial charge in [0.2, 0.25) is 0 Å². The lowest BCUT2D eigenvalue weighted by Gasteiger charge is -2.34. The van der Waals surface area contributed by atoms with E-state index in [1.54, 1.807) is 0 Å². The summed E-state index contributed by atoms with van der Waals surface area (Å²) in [6.07, 6.45) is 1.06. The molecule has 1 heterocycles. The molecule has 0 saturated carbocycles. The van der Waals surface area contributed by atoms with Crippen LogP contribution in [0.5, 0.6) is 0 Å². The molecule has 0 aliphatic carbocycles. The van der Waals surface area contributed by atoms with Gasteiger partial charge in [-0.05, 0) is 55.5 Å². The fourth-order valence-corrected chi connectivity index (χ4v) is 3.40. The Bertz CT molecular complexity index is 749. The minimum absolute atomic E-state index is 0.0130. The molecule has 4 nitrogen and oxygen atoms in total. The van der Waals surface area contributed by atoms with E-state index in [9.17, 15) is 4.79 Å². The molecule has 2 aromatic carbocycles. The Hall–Kier alpha value is -2.33. The van der Waals surface area contributed by atoms with Crippen molar-refractivity contribution in [3.05, 3.63) is 64.7 Å². The number of urea groups is 1. The van der Waals surface area contributed by atoms with Crippen LogP contribution in [0.15, 0.2) is 42.5 Å². The number of amides is 2. The minimum atomic E-state index is 0.0130. The van der Waals surface area contributed by atoms with Crippen molar-refractivity contribution in [3.8, 4) is 0 Å². The van der Waals surface area contributed by atoms with Crippen LogP contribution in [0, 0.1) is 20.8 Å². The molecule has 0 atom stereocenters. The van der Waals surface area contributed by atoms with Crippen LogP contribution in [-0.2, 0) is 6.42 Å². The fourth-order valence-electron chi connectivity index (χ4n) is 3.40. The molecular formula is C22H29N3O. The Morgan fingerprint density at radius 2 is 1.58 bits per heavy atom. The average Bonchev–Trinajstić information content (AvgIpc) is 2.65. The van der Waals surface area contributed by atoms with Gasteiger partial charge in [-0.3, -0.25) is 4.90 Å². The van der Waals surface area contributed by atoms with Gasteiger partial charge in [0.1, 0.15) is 0 Å². The largest absolute Gasteiger partial charge is 0.322 e. The van der Waals surface area contributed by atoms with Crippen LogP contribution in [0.25, 0.3) is 0 Å². The Kier molecular flexibility index (Phi) is 5.94. The molecular weight excluding hydrogens is 322 g/mol. The first-order valence-electron chi connectivity index (χ1n) is 9.43. The van der Waals surface area contributed by atoms with E-state index in [1.165, 1.54) is 16.7 Å². The highest BCUT2D eigenvalue weighted by Crippen LogP contribution is 2.20. The lowest BCUT2D eigenvalue weighted by molar-refractivity contribution is 0.148. The number of nitrogens with one attached hydrogen (secondary N) is 1. The van der Waals surface area contributed by atoms with Crippen molar-refractivity contribution in [2.75, 3.05) is 38.0 Å². The molecule has 1 aliphatic rings. The Morgan fingerprint density at radius 1 is 0.923 bits per heavy atom. The van der Waals surface area contributed by atoms with Crippen molar-refractivity contribution in [2.45, 2.75) is 27.2 Å². The first-order valence-corrected chi connectivity index (χ1v) is 9.43. The van der Waals surface area contributed by atoms with E-state index in [0.29, 0.717) is 0 Å². The maximum Gasteiger partial charge on any atom is 0.321 e. The van der Waals surface area contributed by atoms with Gasteiger partial charge in [-0.25, -0.2) is 4.79 Å². The first-order chi connectivity index (χ1) is 12.5. The zero-order valence-electron chi connectivity index (χ0n) is 16.1. The quantitative estimate of drug-likeness (QED) is 0.903. The van der Waals surface area contributed by atoms with E-state index in [1.807, 2.05) is 11.8 Å². The van der Waals surface area contributed by atoms with Crippen LogP contribution in [-0.4, -0.2) is 48.6 Å². The van der Waals surface area contributed by atoms with Crippen LogP contribution < -0.4 is 5.32 Å². The average molecular weight is 351 g/mol. The molecule has 3 rings (SSSR count). The monoisotopic (exact) mass is 351 g/mol. The molecule has 0 radical (unpaired) electrons. The van der Waals surface area contributed by atoms with E-state index >= 15 is 0 Å². The summed E-state index contributed by atoms with van der Waals surface area (Å²) in [5, 5.41) is 3.09. The third-order valence-corrected chi connectivity index (χ3v) is 5.30. The summed E-state index contributed by atoms with van der Waals surface area (Å²) in [5.74, 6) is 0. The van der Waals surface area contributed by atoms with E-state index in [2.05, 4.69) is 66.5 Å². The summed E-state index contributed by atoms with van der Waals surface area (Å²) in [6, 6.07) is 14.8. The summed E-state index contributed by atoms with van der Waals surface area (Å²) in [5.41, 5.74) is 5.87. The number of aryl methyl sites for hydroxylation is 3. The highest BCUT2D eigenvalue weighted by Gasteiger charge is 2.21. The van der Waals surface area contributed by atoms with Crippen molar-refractivity contribution >= 4 is 11.7 Å². The number of hydrogen-bond acceptors (Lipinski definition) is 2. The van der Waals surface area contributed by atoms with Crippen molar-refractivity contribution < 1.29 is 4.79 Å². The third kappa shape index (κ3) is 4.64. The molecule has 2 aromatic rings. The van der Waals surface area contributed by atoms with Gasteiger partial charge in [-0.2, -0.15) is 0 Å². The fraction of sp³-hybridized carbons (Fsp3) is 0.409. The molecule has 0 bridgehead atoms. The Morgan fingerprint density at radius 3 is 2.27 bits per heavy atom. The van der Waals surface area contributed by atoms with Crippen LogP contribution in [0.2, 0.25) is 0 Å². The van der Waals surface area contributed by atoms with Gasteiger partial charge in [0.15, 0.2) is 0 Å². The second-order valence-electron chi connectivity index (χ2n) is 7.25. The smallest absolute Gasteiger partial charge is 0.321 e. The summed E-state index contributed by atoms with van der Waals surface area (Å²) >= 11 is 0. The maximum atomic E-state index is 12.6. The molecule has 0 spiro atoms.